The van der Waals surface area contributed by atoms with E-state index in [4.69, 9.17) is 14.2 Å². The molecule has 7 heteroatoms. The smallest absolute Gasteiger partial charge is 0.329 e. The van der Waals surface area contributed by atoms with Gasteiger partial charge in [0.15, 0.2) is 11.5 Å². The van der Waals surface area contributed by atoms with Gasteiger partial charge in [0.05, 0.1) is 0 Å². The second-order valence-electron chi connectivity index (χ2n) is 5.33. The fourth-order valence-electron chi connectivity index (χ4n) is 2.85. The summed E-state index contributed by atoms with van der Waals surface area (Å²) in [5.74, 6) is 1.72. The number of ether oxygens (including phenoxy) is 3. The second-order valence-corrected chi connectivity index (χ2v) is 5.33. The van der Waals surface area contributed by atoms with Gasteiger partial charge < -0.3 is 14.2 Å². The molecule has 2 aliphatic heterocycles. The van der Waals surface area contributed by atoms with Crippen LogP contribution in [0.15, 0.2) is 42.5 Å². The molecule has 2 aromatic carbocycles. The molecule has 0 radical (unpaired) electrons. The number of rotatable bonds is 4. The molecule has 1 fully saturated rings. The SMILES string of the molecule is O=COc1cccc(N2CCN(c3ccc4c(c3)OCO4)C2=O)c1. The van der Waals surface area contributed by atoms with Crippen molar-refractivity contribution in [3.8, 4) is 17.2 Å². The zero-order valence-electron chi connectivity index (χ0n) is 12.7. The van der Waals surface area contributed by atoms with E-state index in [1.54, 1.807) is 46.2 Å². The Kier molecular flexibility index (Phi) is 3.45. The lowest BCUT2D eigenvalue weighted by Gasteiger charge is -2.19. The predicted octanol–water partition coefficient (Wildman–Crippen LogP) is 2.40. The molecule has 2 aliphatic rings. The van der Waals surface area contributed by atoms with Crippen molar-refractivity contribution >= 4 is 23.9 Å². The van der Waals surface area contributed by atoms with Crippen molar-refractivity contribution < 1.29 is 23.8 Å². The standard InChI is InChI=1S/C17H14N2O5/c20-10-22-14-3-1-2-12(8-14)18-6-7-19(17(18)21)13-4-5-15-16(9-13)24-11-23-15/h1-5,8-10H,6-7,11H2. The maximum atomic E-state index is 12.7. The van der Waals surface area contributed by atoms with Gasteiger partial charge in [-0.2, -0.15) is 0 Å². The fraction of sp³-hybridized carbons (Fsp3) is 0.176. The molecule has 0 aliphatic carbocycles. The lowest BCUT2D eigenvalue weighted by Crippen LogP contribution is -2.31. The van der Waals surface area contributed by atoms with Gasteiger partial charge in [-0.1, -0.05) is 6.07 Å². The lowest BCUT2D eigenvalue weighted by molar-refractivity contribution is -0.120. The Morgan fingerprint density at radius 1 is 0.958 bits per heavy atom. The molecule has 122 valence electrons. The van der Waals surface area contributed by atoms with Gasteiger partial charge in [0, 0.05) is 36.6 Å². The minimum absolute atomic E-state index is 0.142. The monoisotopic (exact) mass is 326 g/mol. The molecule has 7 nitrogen and oxygen atoms in total. The zero-order chi connectivity index (χ0) is 16.5. The first kappa shape index (κ1) is 14.4. The average molecular weight is 326 g/mol. The molecule has 0 aromatic heterocycles. The fourth-order valence-corrected chi connectivity index (χ4v) is 2.85. The summed E-state index contributed by atoms with van der Waals surface area (Å²) < 4.78 is 15.5. The van der Waals surface area contributed by atoms with E-state index < -0.39 is 0 Å². The van der Waals surface area contributed by atoms with Crippen LogP contribution in [0.4, 0.5) is 16.2 Å². The second kappa shape index (κ2) is 5.77. The average Bonchev–Trinajstić information content (AvgIpc) is 3.21. The minimum Gasteiger partial charge on any atom is -0.454 e. The first-order valence-corrected chi connectivity index (χ1v) is 7.45. The van der Waals surface area contributed by atoms with Crippen molar-refractivity contribution in [3.63, 3.8) is 0 Å². The van der Waals surface area contributed by atoms with E-state index in [9.17, 15) is 9.59 Å². The van der Waals surface area contributed by atoms with Crippen LogP contribution in [-0.4, -0.2) is 32.4 Å². The number of carbonyl (C=O) groups is 2. The van der Waals surface area contributed by atoms with E-state index in [1.807, 2.05) is 6.07 Å². The van der Waals surface area contributed by atoms with Crippen LogP contribution in [0.1, 0.15) is 0 Å². The van der Waals surface area contributed by atoms with Crippen molar-refractivity contribution in [2.45, 2.75) is 0 Å². The molecule has 0 saturated carbocycles. The number of anilines is 2. The molecule has 0 atom stereocenters. The number of hydrogen-bond acceptors (Lipinski definition) is 5. The van der Waals surface area contributed by atoms with Gasteiger partial charge in [-0.3, -0.25) is 14.6 Å². The molecule has 2 amide bonds. The highest BCUT2D eigenvalue weighted by molar-refractivity contribution is 6.06. The van der Waals surface area contributed by atoms with Crippen molar-refractivity contribution in [2.24, 2.45) is 0 Å². The quantitative estimate of drug-likeness (QED) is 0.807. The van der Waals surface area contributed by atoms with Crippen LogP contribution >= 0.6 is 0 Å². The summed E-state index contributed by atoms with van der Waals surface area (Å²) in [6, 6.07) is 12.2. The number of nitrogens with zero attached hydrogens (tertiary/aromatic N) is 2. The van der Waals surface area contributed by atoms with Gasteiger partial charge in [0.2, 0.25) is 6.79 Å². The van der Waals surface area contributed by atoms with Gasteiger partial charge in [0.1, 0.15) is 5.75 Å². The van der Waals surface area contributed by atoms with Crippen LogP contribution in [0.3, 0.4) is 0 Å². The Hall–Kier alpha value is -3.22. The molecule has 4 rings (SSSR count). The summed E-state index contributed by atoms with van der Waals surface area (Å²) in [6.07, 6.45) is 0. The number of benzene rings is 2. The Bertz CT molecular complexity index is 807. The van der Waals surface area contributed by atoms with E-state index in [-0.39, 0.29) is 12.8 Å². The van der Waals surface area contributed by atoms with Gasteiger partial charge in [0.25, 0.3) is 6.47 Å². The summed E-state index contributed by atoms with van der Waals surface area (Å²) in [7, 11) is 0. The van der Waals surface area contributed by atoms with E-state index in [0.29, 0.717) is 42.5 Å². The predicted molar refractivity (Wildman–Crippen MR) is 85.8 cm³/mol. The van der Waals surface area contributed by atoms with Gasteiger partial charge in [-0.05, 0) is 24.3 Å². The number of hydrogen-bond donors (Lipinski definition) is 0. The van der Waals surface area contributed by atoms with Crippen molar-refractivity contribution in [1.29, 1.82) is 0 Å². The normalized spacial score (nSPS) is 15.8. The summed E-state index contributed by atoms with van der Waals surface area (Å²) in [5.41, 5.74) is 1.44. The topological polar surface area (TPSA) is 68.3 Å². The number of amides is 2. The summed E-state index contributed by atoms with van der Waals surface area (Å²) in [4.78, 5) is 26.5. The molecular formula is C17H14N2O5. The first-order valence-electron chi connectivity index (χ1n) is 7.45. The molecule has 1 saturated heterocycles. The zero-order valence-corrected chi connectivity index (χ0v) is 12.7. The molecule has 0 bridgehead atoms. The molecular weight excluding hydrogens is 312 g/mol. The van der Waals surface area contributed by atoms with Crippen LogP contribution in [0.2, 0.25) is 0 Å². The third kappa shape index (κ3) is 2.40. The summed E-state index contributed by atoms with van der Waals surface area (Å²) >= 11 is 0. The summed E-state index contributed by atoms with van der Waals surface area (Å²) in [6.45, 7) is 1.65. The Morgan fingerprint density at radius 2 is 1.71 bits per heavy atom. The van der Waals surface area contributed by atoms with E-state index in [1.165, 1.54) is 0 Å². The molecule has 2 heterocycles. The third-order valence-electron chi connectivity index (χ3n) is 3.99. The molecule has 0 unspecified atom stereocenters. The van der Waals surface area contributed by atoms with Crippen LogP contribution in [-0.2, 0) is 4.79 Å². The van der Waals surface area contributed by atoms with E-state index in [0.717, 1.165) is 5.69 Å². The Labute approximate surface area is 137 Å². The van der Waals surface area contributed by atoms with Gasteiger partial charge >= 0.3 is 6.03 Å². The van der Waals surface area contributed by atoms with Crippen LogP contribution in [0.25, 0.3) is 0 Å². The van der Waals surface area contributed by atoms with E-state index in [2.05, 4.69) is 0 Å². The number of urea groups is 1. The lowest BCUT2D eigenvalue weighted by atomic mass is 10.2. The highest BCUT2D eigenvalue weighted by Gasteiger charge is 2.31. The third-order valence-corrected chi connectivity index (χ3v) is 3.99. The van der Waals surface area contributed by atoms with Crippen LogP contribution in [0.5, 0.6) is 17.2 Å². The van der Waals surface area contributed by atoms with Crippen molar-refractivity contribution in [1.82, 2.24) is 0 Å². The minimum atomic E-state index is -0.142. The highest BCUT2D eigenvalue weighted by Crippen LogP contribution is 2.37. The van der Waals surface area contributed by atoms with Crippen LogP contribution < -0.4 is 24.0 Å². The van der Waals surface area contributed by atoms with Gasteiger partial charge in [-0.25, -0.2) is 4.79 Å². The molecule has 2 aromatic rings. The van der Waals surface area contributed by atoms with Crippen molar-refractivity contribution in [3.05, 3.63) is 42.5 Å². The number of fused-ring (bicyclic) bond motifs is 1. The first-order chi connectivity index (χ1) is 11.8. The largest absolute Gasteiger partial charge is 0.454 e. The van der Waals surface area contributed by atoms with E-state index >= 15 is 0 Å². The van der Waals surface area contributed by atoms with Crippen molar-refractivity contribution in [2.75, 3.05) is 29.7 Å². The maximum Gasteiger partial charge on any atom is 0.329 e. The molecule has 24 heavy (non-hydrogen) atoms. The molecule has 0 spiro atoms. The van der Waals surface area contributed by atoms with Gasteiger partial charge in [-0.15, -0.1) is 0 Å². The Balaban J connectivity index is 1.58. The highest BCUT2D eigenvalue weighted by atomic mass is 16.7. The molecule has 0 N–H and O–H groups in total. The maximum absolute atomic E-state index is 12.7. The number of carbonyl (C=O) groups excluding carboxylic acids is 2. The summed E-state index contributed by atoms with van der Waals surface area (Å²) in [5, 5.41) is 0. The Morgan fingerprint density at radius 3 is 2.50 bits per heavy atom. The van der Waals surface area contributed by atoms with Crippen LogP contribution in [0, 0.1) is 0 Å².